The normalized spacial score (nSPS) is 13.9. The third-order valence-corrected chi connectivity index (χ3v) is 3.12. The molecule has 2 N–H and O–H groups in total. The molecule has 0 spiro atoms. The number of carbonyl (C=O) groups is 1. The molecule has 21 heavy (non-hydrogen) atoms. The Bertz CT molecular complexity index is 531. The average molecular weight is 295 g/mol. The molecule has 2 rings (SSSR count). The molecular weight excluding hydrogens is 278 g/mol. The average Bonchev–Trinajstić information content (AvgIpc) is 3.26. The molecule has 0 amide bonds. The van der Waals surface area contributed by atoms with Crippen LogP contribution in [0.4, 0.5) is 11.5 Å². The molecule has 0 aliphatic heterocycles. The van der Waals surface area contributed by atoms with Crippen molar-refractivity contribution in [1.82, 2.24) is 4.98 Å². The highest BCUT2D eigenvalue weighted by Gasteiger charge is 2.21. The Balaban J connectivity index is 1.83. The van der Waals surface area contributed by atoms with Crippen LogP contribution in [0.2, 0.25) is 0 Å². The number of aromatic nitrogens is 1. The number of hydrogen-bond acceptors (Lipinski definition) is 6. The fourth-order valence-electron chi connectivity index (χ4n) is 1.76. The summed E-state index contributed by atoms with van der Waals surface area (Å²) in [5, 5.41) is 22.6. The number of nitrogens with one attached hydrogen (secondary N) is 1. The predicted octanol–water partition coefficient (Wildman–Crippen LogP) is 1.92. The van der Waals surface area contributed by atoms with Crippen LogP contribution >= 0.6 is 0 Å². The number of carboxylic acids is 1. The van der Waals surface area contributed by atoms with Crippen LogP contribution in [0.25, 0.3) is 0 Å². The Morgan fingerprint density at radius 2 is 2.33 bits per heavy atom. The van der Waals surface area contributed by atoms with Crippen molar-refractivity contribution in [2.24, 2.45) is 5.92 Å². The van der Waals surface area contributed by atoms with Crippen LogP contribution in [0, 0.1) is 16.0 Å². The molecule has 1 saturated carbocycles. The van der Waals surface area contributed by atoms with Gasteiger partial charge in [-0.15, -0.1) is 0 Å². The minimum absolute atomic E-state index is 0.0761. The summed E-state index contributed by atoms with van der Waals surface area (Å²) in [5.74, 6) is -0.456. The van der Waals surface area contributed by atoms with E-state index in [2.05, 4.69) is 10.3 Å². The molecule has 0 atom stereocenters. The van der Waals surface area contributed by atoms with Crippen molar-refractivity contribution in [3.8, 4) is 0 Å². The van der Waals surface area contributed by atoms with E-state index in [1.165, 1.54) is 12.8 Å². The fraction of sp³-hybridized carbons (Fsp3) is 0.538. The SMILES string of the molecule is O=C(O)c1cnc(NCCCOCC2CC2)c([N+](=O)[O-])c1. The lowest BCUT2D eigenvalue weighted by molar-refractivity contribution is -0.384. The monoisotopic (exact) mass is 295 g/mol. The molecule has 1 aromatic rings. The number of aromatic carboxylic acids is 1. The van der Waals surface area contributed by atoms with Crippen molar-refractivity contribution in [2.45, 2.75) is 19.3 Å². The standard InChI is InChI=1S/C13H17N3O5/c17-13(18)10-6-11(16(19)20)12(15-7-10)14-4-1-5-21-8-9-2-3-9/h6-7,9H,1-5,8H2,(H,14,15)(H,17,18). The summed E-state index contributed by atoms with van der Waals surface area (Å²) in [7, 11) is 0. The van der Waals surface area contributed by atoms with Crippen LogP contribution in [0.5, 0.6) is 0 Å². The molecule has 0 radical (unpaired) electrons. The summed E-state index contributed by atoms with van der Waals surface area (Å²) in [6.07, 6.45) is 4.28. The van der Waals surface area contributed by atoms with Crippen LogP contribution in [0.15, 0.2) is 12.3 Å². The van der Waals surface area contributed by atoms with Crippen LogP contribution in [0.1, 0.15) is 29.6 Å². The van der Waals surface area contributed by atoms with E-state index in [1.807, 2.05) is 0 Å². The van der Waals surface area contributed by atoms with Crippen LogP contribution < -0.4 is 5.32 Å². The van der Waals surface area contributed by atoms with Crippen LogP contribution in [-0.4, -0.2) is 40.7 Å². The zero-order valence-electron chi connectivity index (χ0n) is 11.4. The van der Waals surface area contributed by atoms with Crippen LogP contribution in [0.3, 0.4) is 0 Å². The summed E-state index contributed by atoms with van der Waals surface area (Å²) in [6.45, 7) is 1.85. The fourth-order valence-corrected chi connectivity index (χ4v) is 1.76. The second-order valence-electron chi connectivity index (χ2n) is 4.95. The number of hydrogen-bond donors (Lipinski definition) is 2. The molecule has 0 unspecified atom stereocenters. The van der Waals surface area contributed by atoms with E-state index in [0.29, 0.717) is 25.5 Å². The maximum atomic E-state index is 10.9. The van der Waals surface area contributed by atoms with Crippen molar-refractivity contribution >= 4 is 17.5 Å². The Hall–Kier alpha value is -2.22. The first-order chi connectivity index (χ1) is 10.1. The van der Waals surface area contributed by atoms with E-state index in [4.69, 9.17) is 9.84 Å². The minimum atomic E-state index is -1.24. The number of rotatable bonds is 9. The van der Waals surface area contributed by atoms with Gasteiger partial charge in [0.2, 0.25) is 5.82 Å². The van der Waals surface area contributed by atoms with E-state index >= 15 is 0 Å². The minimum Gasteiger partial charge on any atom is -0.478 e. The second kappa shape index (κ2) is 6.98. The highest BCUT2D eigenvalue weighted by Crippen LogP contribution is 2.28. The molecule has 114 valence electrons. The molecule has 0 bridgehead atoms. The number of nitrogens with zero attached hydrogens (tertiary/aromatic N) is 2. The third kappa shape index (κ3) is 4.67. The lowest BCUT2D eigenvalue weighted by Gasteiger charge is -2.07. The number of ether oxygens (including phenoxy) is 1. The van der Waals surface area contributed by atoms with Gasteiger partial charge in [0.1, 0.15) is 0 Å². The van der Waals surface area contributed by atoms with Gasteiger partial charge < -0.3 is 15.2 Å². The molecule has 1 fully saturated rings. The second-order valence-corrected chi connectivity index (χ2v) is 4.95. The van der Waals surface area contributed by atoms with Crippen LogP contribution in [-0.2, 0) is 4.74 Å². The van der Waals surface area contributed by atoms with Gasteiger partial charge in [-0.3, -0.25) is 10.1 Å². The van der Waals surface area contributed by atoms with Crippen molar-refractivity contribution in [1.29, 1.82) is 0 Å². The maximum absolute atomic E-state index is 10.9. The van der Waals surface area contributed by atoms with Crippen molar-refractivity contribution < 1.29 is 19.6 Å². The summed E-state index contributed by atoms with van der Waals surface area (Å²) in [5.41, 5.74) is -0.547. The van der Waals surface area contributed by atoms with Crippen molar-refractivity contribution in [3.63, 3.8) is 0 Å². The van der Waals surface area contributed by atoms with Crippen molar-refractivity contribution in [3.05, 3.63) is 27.9 Å². The van der Waals surface area contributed by atoms with E-state index in [1.54, 1.807) is 0 Å². The van der Waals surface area contributed by atoms with E-state index in [-0.39, 0.29) is 17.1 Å². The molecule has 1 aliphatic carbocycles. The first-order valence-electron chi connectivity index (χ1n) is 6.77. The lowest BCUT2D eigenvalue weighted by atomic mass is 10.2. The molecule has 1 heterocycles. The molecule has 8 nitrogen and oxygen atoms in total. The topological polar surface area (TPSA) is 115 Å². The molecule has 1 aromatic heterocycles. The zero-order valence-corrected chi connectivity index (χ0v) is 11.4. The number of carboxylic acid groups (broad SMARTS) is 1. The smallest absolute Gasteiger partial charge is 0.337 e. The molecule has 0 aromatic carbocycles. The van der Waals surface area contributed by atoms with Gasteiger partial charge in [-0.1, -0.05) is 0 Å². The van der Waals surface area contributed by atoms with Gasteiger partial charge in [-0.05, 0) is 25.2 Å². The number of nitro groups is 1. The Morgan fingerprint density at radius 1 is 1.57 bits per heavy atom. The number of pyridine rings is 1. The van der Waals surface area contributed by atoms with E-state index < -0.39 is 10.9 Å². The largest absolute Gasteiger partial charge is 0.478 e. The molecule has 8 heteroatoms. The summed E-state index contributed by atoms with van der Waals surface area (Å²) >= 11 is 0. The maximum Gasteiger partial charge on any atom is 0.337 e. The van der Waals surface area contributed by atoms with Gasteiger partial charge in [0, 0.05) is 32.0 Å². The summed E-state index contributed by atoms with van der Waals surface area (Å²) in [4.78, 5) is 24.9. The van der Waals surface area contributed by atoms with E-state index in [9.17, 15) is 14.9 Å². The molecule has 1 aliphatic rings. The summed E-state index contributed by atoms with van der Waals surface area (Å²) < 4.78 is 5.45. The van der Waals surface area contributed by atoms with Gasteiger partial charge >= 0.3 is 11.7 Å². The van der Waals surface area contributed by atoms with Gasteiger partial charge in [0.25, 0.3) is 0 Å². The quantitative estimate of drug-likeness (QED) is 0.406. The first-order valence-corrected chi connectivity index (χ1v) is 6.77. The Kier molecular flexibility index (Phi) is 5.04. The first kappa shape index (κ1) is 15.2. The predicted molar refractivity (Wildman–Crippen MR) is 74.5 cm³/mol. The number of anilines is 1. The van der Waals surface area contributed by atoms with E-state index in [0.717, 1.165) is 18.9 Å². The van der Waals surface area contributed by atoms with Gasteiger partial charge in [0.05, 0.1) is 10.5 Å². The van der Waals surface area contributed by atoms with Gasteiger partial charge in [-0.25, -0.2) is 9.78 Å². The zero-order chi connectivity index (χ0) is 15.2. The highest BCUT2D eigenvalue weighted by atomic mass is 16.6. The Labute approximate surface area is 121 Å². The molecule has 0 saturated heterocycles. The summed E-state index contributed by atoms with van der Waals surface area (Å²) in [6, 6.07) is 1.00. The van der Waals surface area contributed by atoms with Crippen molar-refractivity contribution in [2.75, 3.05) is 25.1 Å². The van der Waals surface area contributed by atoms with Gasteiger partial charge in [-0.2, -0.15) is 0 Å². The van der Waals surface area contributed by atoms with Gasteiger partial charge in [0.15, 0.2) is 0 Å². The third-order valence-electron chi connectivity index (χ3n) is 3.12. The lowest BCUT2D eigenvalue weighted by Crippen LogP contribution is -2.10. The Morgan fingerprint density at radius 3 is 2.95 bits per heavy atom. The molecular formula is C13H17N3O5. The highest BCUT2D eigenvalue weighted by molar-refractivity contribution is 5.88.